The molecule has 0 fully saturated rings. The van der Waals surface area contributed by atoms with Crippen LogP contribution in [-0.4, -0.2) is 6.04 Å². The highest BCUT2D eigenvalue weighted by Gasteiger charge is 2.09. The molecule has 0 bridgehead atoms. The summed E-state index contributed by atoms with van der Waals surface area (Å²) in [5.74, 6) is 0. The molecular formula is C30H46N2. The van der Waals surface area contributed by atoms with Gasteiger partial charge in [0.05, 0.1) is 11.4 Å². The lowest BCUT2D eigenvalue weighted by molar-refractivity contribution is 0.575. The van der Waals surface area contributed by atoms with Crippen LogP contribution in [0.2, 0.25) is 0 Å². The molecule has 0 amide bonds. The van der Waals surface area contributed by atoms with Gasteiger partial charge >= 0.3 is 0 Å². The zero-order chi connectivity index (χ0) is 23.0. The van der Waals surface area contributed by atoms with Gasteiger partial charge in [-0.2, -0.15) is 0 Å². The molecule has 3 N–H and O–H groups in total. The number of hydrogen-bond donors (Lipinski definition) is 2. The van der Waals surface area contributed by atoms with E-state index in [2.05, 4.69) is 80.7 Å². The minimum Gasteiger partial charge on any atom is -0.397 e. The zero-order valence-electron chi connectivity index (χ0n) is 20.8. The van der Waals surface area contributed by atoms with E-state index in [1.807, 2.05) is 0 Å². The number of anilines is 2. The first-order valence-electron chi connectivity index (χ1n) is 13.1. The zero-order valence-corrected chi connectivity index (χ0v) is 20.8. The molecule has 2 rings (SSSR count). The van der Waals surface area contributed by atoms with Crippen LogP contribution in [0.3, 0.4) is 0 Å². The second kappa shape index (κ2) is 15.6. The summed E-state index contributed by atoms with van der Waals surface area (Å²) in [6.45, 7) is 6.79. The van der Waals surface area contributed by atoms with Crippen LogP contribution in [-0.2, 0) is 6.42 Å². The molecule has 0 radical (unpaired) electrons. The number of unbranched alkanes of at least 4 members (excludes halogenated alkanes) is 8. The van der Waals surface area contributed by atoms with Crippen molar-refractivity contribution in [2.24, 2.45) is 0 Å². The maximum Gasteiger partial charge on any atom is 0.0579 e. The van der Waals surface area contributed by atoms with Gasteiger partial charge in [0, 0.05) is 6.04 Å². The lowest BCUT2D eigenvalue weighted by atomic mass is 9.97. The van der Waals surface area contributed by atoms with Crippen LogP contribution >= 0.6 is 0 Å². The number of rotatable bonds is 16. The van der Waals surface area contributed by atoms with Gasteiger partial charge in [0.15, 0.2) is 0 Å². The highest BCUT2D eigenvalue weighted by Crippen LogP contribution is 2.28. The molecule has 0 aliphatic heterocycles. The molecule has 1 atom stereocenters. The third-order valence-electron chi connectivity index (χ3n) is 6.26. The first-order valence-corrected chi connectivity index (χ1v) is 13.1. The van der Waals surface area contributed by atoms with E-state index in [-0.39, 0.29) is 0 Å². The Morgan fingerprint density at radius 1 is 0.812 bits per heavy atom. The molecule has 32 heavy (non-hydrogen) atoms. The SMILES string of the molecule is CCCCCCCCCCc1cc(NC(C)CCCC)c(N)cc1C=Cc1ccccc1. The van der Waals surface area contributed by atoms with Crippen LogP contribution in [0.1, 0.15) is 108 Å². The van der Waals surface area contributed by atoms with Crippen molar-refractivity contribution in [3.05, 3.63) is 59.2 Å². The molecule has 0 aliphatic carbocycles. The summed E-state index contributed by atoms with van der Waals surface area (Å²) in [7, 11) is 0. The Bertz CT molecular complexity index is 779. The Balaban J connectivity index is 2.05. The van der Waals surface area contributed by atoms with E-state index in [0.717, 1.165) is 17.8 Å². The molecule has 2 nitrogen and oxygen atoms in total. The lowest BCUT2D eigenvalue weighted by Crippen LogP contribution is -2.16. The molecule has 0 aliphatic rings. The van der Waals surface area contributed by atoms with Crippen LogP contribution in [0.5, 0.6) is 0 Å². The molecular weight excluding hydrogens is 388 g/mol. The van der Waals surface area contributed by atoms with Gasteiger partial charge in [-0.15, -0.1) is 0 Å². The molecule has 0 aromatic heterocycles. The first-order chi connectivity index (χ1) is 15.6. The van der Waals surface area contributed by atoms with Crippen molar-refractivity contribution in [2.75, 3.05) is 11.1 Å². The number of nitrogen functional groups attached to an aromatic ring is 1. The van der Waals surface area contributed by atoms with Crippen molar-refractivity contribution in [3.63, 3.8) is 0 Å². The summed E-state index contributed by atoms with van der Waals surface area (Å²) in [5.41, 5.74) is 12.3. The maximum absolute atomic E-state index is 6.47. The van der Waals surface area contributed by atoms with E-state index >= 15 is 0 Å². The summed E-state index contributed by atoms with van der Waals surface area (Å²) < 4.78 is 0. The molecule has 0 spiro atoms. The molecule has 2 aromatic carbocycles. The fourth-order valence-corrected chi connectivity index (χ4v) is 4.22. The van der Waals surface area contributed by atoms with Crippen molar-refractivity contribution >= 4 is 23.5 Å². The van der Waals surface area contributed by atoms with E-state index in [1.165, 1.54) is 87.3 Å². The minimum absolute atomic E-state index is 0.443. The second-order valence-electron chi connectivity index (χ2n) is 9.29. The predicted octanol–water partition coefficient (Wildman–Crippen LogP) is 9.11. The second-order valence-corrected chi connectivity index (χ2v) is 9.29. The molecule has 0 heterocycles. The van der Waals surface area contributed by atoms with Crippen LogP contribution < -0.4 is 11.1 Å². The van der Waals surface area contributed by atoms with Gasteiger partial charge in [0.2, 0.25) is 0 Å². The molecule has 2 aromatic rings. The van der Waals surface area contributed by atoms with Crippen LogP contribution in [0.25, 0.3) is 12.2 Å². The van der Waals surface area contributed by atoms with Crippen molar-refractivity contribution in [1.29, 1.82) is 0 Å². The number of nitrogens with one attached hydrogen (secondary N) is 1. The van der Waals surface area contributed by atoms with Gasteiger partial charge in [-0.05, 0) is 55.0 Å². The van der Waals surface area contributed by atoms with Crippen molar-refractivity contribution in [3.8, 4) is 0 Å². The molecule has 0 saturated heterocycles. The summed E-state index contributed by atoms with van der Waals surface area (Å²) in [4.78, 5) is 0. The molecule has 0 saturated carbocycles. The third-order valence-corrected chi connectivity index (χ3v) is 6.26. The number of nitrogens with two attached hydrogens (primary N) is 1. The monoisotopic (exact) mass is 434 g/mol. The van der Waals surface area contributed by atoms with E-state index in [0.29, 0.717) is 6.04 Å². The van der Waals surface area contributed by atoms with Gasteiger partial charge in [0.25, 0.3) is 0 Å². The number of hydrogen-bond acceptors (Lipinski definition) is 2. The van der Waals surface area contributed by atoms with Gasteiger partial charge in [0.1, 0.15) is 0 Å². The minimum atomic E-state index is 0.443. The standard InChI is InChI=1S/C30H46N2/c1-4-6-8-9-10-11-12-16-20-27-24-30(32-25(3)17-7-5-2)29(31)23-28(27)22-21-26-18-14-13-15-19-26/h13-15,18-19,21-25,32H,4-12,16-17,20,31H2,1-3H3. The fraction of sp³-hybridized carbons (Fsp3) is 0.533. The van der Waals surface area contributed by atoms with Gasteiger partial charge in [-0.1, -0.05) is 114 Å². The average Bonchev–Trinajstić information content (AvgIpc) is 2.80. The van der Waals surface area contributed by atoms with Crippen LogP contribution in [0.15, 0.2) is 42.5 Å². The molecule has 1 unspecified atom stereocenters. The Morgan fingerprint density at radius 2 is 1.47 bits per heavy atom. The van der Waals surface area contributed by atoms with E-state index in [9.17, 15) is 0 Å². The van der Waals surface area contributed by atoms with Crippen molar-refractivity contribution < 1.29 is 0 Å². The van der Waals surface area contributed by atoms with E-state index < -0.39 is 0 Å². The largest absolute Gasteiger partial charge is 0.397 e. The Morgan fingerprint density at radius 3 is 2.16 bits per heavy atom. The van der Waals surface area contributed by atoms with Gasteiger partial charge in [-0.25, -0.2) is 0 Å². The highest BCUT2D eigenvalue weighted by molar-refractivity contribution is 5.78. The summed E-state index contributed by atoms with van der Waals surface area (Å²) >= 11 is 0. The van der Waals surface area contributed by atoms with Crippen LogP contribution in [0.4, 0.5) is 11.4 Å². The van der Waals surface area contributed by atoms with Crippen LogP contribution in [0, 0.1) is 0 Å². The van der Waals surface area contributed by atoms with Crippen molar-refractivity contribution in [2.45, 2.75) is 104 Å². The summed E-state index contributed by atoms with van der Waals surface area (Å²) in [6, 6.07) is 15.4. The fourth-order valence-electron chi connectivity index (χ4n) is 4.22. The predicted molar refractivity (Wildman–Crippen MR) is 145 cm³/mol. The quantitative estimate of drug-likeness (QED) is 0.157. The lowest BCUT2D eigenvalue weighted by Gasteiger charge is -2.19. The smallest absolute Gasteiger partial charge is 0.0579 e. The van der Waals surface area contributed by atoms with Gasteiger partial charge < -0.3 is 11.1 Å². The highest BCUT2D eigenvalue weighted by atomic mass is 14.9. The molecule has 2 heteroatoms. The summed E-state index contributed by atoms with van der Waals surface area (Å²) in [5, 5.41) is 3.67. The Hall–Kier alpha value is -2.22. The van der Waals surface area contributed by atoms with Gasteiger partial charge in [-0.3, -0.25) is 0 Å². The Labute approximate surface area is 197 Å². The average molecular weight is 435 g/mol. The van der Waals surface area contributed by atoms with Crippen molar-refractivity contribution in [1.82, 2.24) is 0 Å². The number of benzene rings is 2. The third kappa shape index (κ3) is 9.94. The van der Waals surface area contributed by atoms with E-state index in [4.69, 9.17) is 5.73 Å². The molecule has 176 valence electrons. The summed E-state index contributed by atoms with van der Waals surface area (Å²) in [6.07, 6.45) is 20.0. The maximum atomic E-state index is 6.47. The number of aryl methyl sites for hydroxylation is 1. The Kier molecular flexibility index (Phi) is 12.7. The topological polar surface area (TPSA) is 38.0 Å². The normalized spacial score (nSPS) is 12.3. The van der Waals surface area contributed by atoms with E-state index in [1.54, 1.807) is 0 Å². The first kappa shape index (κ1) is 26.0.